The molecule has 0 spiro atoms. The first-order valence-corrected chi connectivity index (χ1v) is 12.8. The van der Waals surface area contributed by atoms with E-state index in [0.29, 0.717) is 28.5 Å². The Morgan fingerprint density at radius 2 is 2.03 bits per heavy atom. The van der Waals surface area contributed by atoms with Crippen molar-refractivity contribution in [3.05, 3.63) is 65.5 Å². The molecule has 9 heteroatoms. The Kier molecular flexibility index (Phi) is 8.09. The van der Waals surface area contributed by atoms with Crippen molar-refractivity contribution < 1.29 is 22.3 Å². The van der Waals surface area contributed by atoms with Crippen LogP contribution in [0.25, 0.3) is 6.08 Å². The molecule has 0 fully saturated rings. The Hall–Kier alpha value is -2.65. The quantitative estimate of drug-likeness (QED) is 0.572. The molecule has 1 heterocycles. The summed E-state index contributed by atoms with van der Waals surface area (Å²) in [5.41, 5.74) is 1.42. The van der Waals surface area contributed by atoms with E-state index >= 15 is 0 Å². The molecule has 0 aromatic heterocycles. The Labute approximate surface area is 191 Å². The summed E-state index contributed by atoms with van der Waals surface area (Å²) >= 11 is 1.39. The number of carbonyl (C=O) groups is 1. The average Bonchev–Trinajstić information content (AvgIpc) is 3.25. The maximum absolute atomic E-state index is 13.9. The number of hydrogen-bond acceptors (Lipinski definition) is 6. The SMILES string of the molecule is CCCCS(=O)(=O)c1ccc(/C=C/C(=O)NC2=NC(c3ccc(OC)c(F)c3)CS2)cc1. The number of unbranched alkanes of at least 4 members (excludes halogenated alkanes) is 1. The van der Waals surface area contributed by atoms with E-state index < -0.39 is 15.7 Å². The molecular formula is C23H25FN2O4S2. The fourth-order valence-corrected chi connectivity index (χ4v) is 5.47. The van der Waals surface area contributed by atoms with Crippen molar-refractivity contribution in [1.82, 2.24) is 5.32 Å². The molecule has 0 saturated carbocycles. The second-order valence-electron chi connectivity index (χ2n) is 7.22. The third-order valence-electron chi connectivity index (χ3n) is 4.87. The fourth-order valence-electron chi connectivity index (χ4n) is 3.06. The van der Waals surface area contributed by atoms with Crippen molar-refractivity contribution in [2.45, 2.75) is 30.7 Å². The number of amidine groups is 1. The second-order valence-corrected chi connectivity index (χ2v) is 10.3. The monoisotopic (exact) mass is 476 g/mol. The minimum absolute atomic E-state index is 0.130. The van der Waals surface area contributed by atoms with Gasteiger partial charge in [0, 0.05) is 11.8 Å². The number of hydrogen-bond donors (Lipinski definition) is 1. The molecule has 1 N–H and O–H groups in total. The first-order valence-electron chi connectivity index (χ1n) is 10.2. The van der Waals surface area contributed by atoms with E-state index in [-0.39, 0.29) is 28.3 Å². The number of thioether (sulfide) groups is 1. The van der Waals surface area contributed by atoms with Crippen LogP contribution in [0.5, 0.6) is 5.75 Å². The zero-order chi connectivity index (χ0) is 23.1. The lowest BCUT2D eigenvalue weighted by molar-refractivity contribution is -0.115. The van der Waals surface area contributed by atoms with Crippen LogP contribution in [-0.2, 0) is 14.6 Å². The van der Waals surface area contributed by atoms with Crippen LogP contribution in [-0.4, -0.2) is 38.1 Å². The summed E-state index contributed by atoms with van der Waals surface area (Å²) in [7, 11) is -1.86. The molecule has 3 rings (SSSR count). The van der Waals surface area contributed by atoms with Crippen LogP contribution in [0, 0.1) is 5.82 Å². The zero-order valence-electron chi connectivity index (χ0n) is 17.9. The normalized spacial score (nSPS) is 16.2. The van der Waals surface area contributed by atoms with Crippen LogP contribution in [0.3, 0.4) is 0 Å². The van der Waals surface area contributed by atoms with Gasteiger partial charge in [0.15, 0.2) is 26.6 Å². The molecule has 170 valence electrons. The van der Waals surface area contributed by atoms with E-state index in [1.54, 1.807) is 42.5 Å². The van der Waals surface area contributed by atoms with Gasteiger partial charge in [-0.25, -0.2) is 12.8 Å². The van der Waals surface area contributed by atoms with E-state index in [1.165, 1.54) is 31.0 Å². The average molecular weight is 477 g/mol. The fraction of sp³-hybridized carbons (Fsp3) is 0.304. The van der Waals surface area contributed by atoms with Crippen molar-refractivity contribution in [3.63, 3.8) is 0 Å². The molecule has 2 aromatic carbocycles. The van der Waals surface area contributed by atoms with Gasteiger partial charge >= 0.3 is 0 Å². The summed E-state index contributed by atoms with van der Waals surface area (Å²) in [6.07, 6.45) is 4.41. The maximum atomic E-state index is 13.9. The summed E-state index contributed by atoms with van der Waals surface area (Å²) in [4.78, 5) is 17.0. The molecule has 0 aliphatic carbocycles. The summed E-state index contributed by atoms with van der Waals surface area (Å²) in [5.74, 6) is 0.102. The highest BCUT2D eigenvalue weighted by Gasteiger charge is 2.22. The molecule has 0 saturated heterocycles. The van der Waals surface area contributed by atoms with Crippen molar-refractivity contribution >= 4 is 38.7 Å². The number of rotatable bonds is 8. The van der Waals surface area contributed by atoms with E-state index in [4.69, 9.17) is 4.74 Å². The van der Waals surface area contributed by atoms with Crippen molar-refractivity contribution in [2.24, 2.45) is 4.99 Å². The predicted octanol–water partition coefficient (Wildman–Crippen LogP) is 4.38. The lowest BCUT2D eigenvalue weighted by Gasteiger charge is -2.08. The third kappa shape index (κ3) is 6.20. The number of sulfone groups is 1. The molecule has 1 aliphatic rings. The molecule has 1 unspecified atom stereocenters. The van der Waals surface area contributed by atoms with Gasteiger partial charge in [-0.3, -0.25) is 9.79 Å². The molecule has 1 aliphatic heterocycles. The highest BCUT2D eigenvalue weighted by atomic mass is 32.2. The lowest BCUT2D eigenvalue weighted by atomic mass is 10.1. The standard InChI is InChI=1S/C23H25FN2O4S2/c1-3-4-13-32(28,29)18-9-5-16(6-10-18)7-12-22(27)26-23-25-20(15-31-23)17-8-11-21(30-2)19(24)14-17/h5-12,14,20H,3-4,13,15H2,1-2H3,(H,25,26,27)/b12-7+. The smallest absolute Gasteiger partial charge is 0.249 e. The minimum atomic E-state index is -3.27. The number of carbonyl (C=O) groups excluding carboxylic acids is 1. The Balaban J connectivity index is 1.58. The summed E-state index contributed by atoms with van der Waals surface area (Å²) in [5, 5.41) is 3.19. The van der Waals surface area contributed by atoms with Crippen LogP contribution in [0.4, 0.5) is 4.39 Å². The van der Waals surface area contributed by atoms with Crippen molar-refractivity contribution in [3.8, 4) is 5.75 Å². The van der Waals surface area contributed by atoms with E-state index in [1.807, 2.05) is 6.92 Å². The topological polar surface area (TPSA) is 84.8 Å². The summed E-state index contributed by atoms with van der Waals surface area (Å²) in [6, 6.07) is 10.9. The third-order valence-corrected chi connectivity index (χ3v) is 7.65. The highest BCUT2D eigenvalue weighted by Crippen LogP contribution is 2.31. The summed E-state index contributed by atoms with van der Waals surface area (Å²) < 4.78 is 43.3. The molecule has 1 amide bonds. The van der Waals surface area contributed by atoms with Gasteiger partial charge in [-0.2, -0.15) is 0 Å². The van der Waals surface area contributed by atoms with Gasteiger partial charge in [0.1, 0.15) is 0 Å². The van der Waals surface area contributed by atoms with Gasteiger partial charge in [0.05, 0.1) is 23.8 Å². The number of benzene rings is 2. The van der Waals surface area contributed by atoms with Crippen LogP contribution in [0.2, 0.25) is 0 Å². The first-order chi connectivity index (χ1) is 15.3. The number of nitrogens with zero attached hydrogens (tertiary/aromatic N) is 1. The predicted molar refractivity (Wildman–Crippen MR) is 126 cm³/mol. The minimum Gasteiger partial charge on any atom is -0.494 e. The highest BCUT2D eigenvalue weighted by molar-refractivity contribution is 8.14. The van der Waals surface area contributed by atoms with E-state index in [9.17, 15) is 17.6 Å². The zero-order valence-corrected chi connectivity index (χ0v) is 19.5. The molecule has 2 aromatic rings. The van der Waals surface area contributed by atoms with E-state index in [2.05, 4.69) is 10.3 Å². The number of halogens is 1. The van der Waals surface area contributed by atoms with E-state index in [0.717, 1.165) is 6.42 Å². The van der Waals surface area contributed by atoms with Gasteiger partial charge in [0.2, 0.25) is 5.91 Å². The number of amides is 1. The molecule has 6 nitrogen and oxygen atoms in total. The van der Waals surface area contributed by atoms with Gasteiger partial charge in [-0.15, -0.1) is 0 Å². The van der Waals surface area contributed by atoms with Gasteiger partial charge in [0.25, 0.3) is 0 Å². The maximum Gasteiger partial charge on any atom is 0.249 e. The summed E-state index contributed by atoms with van der Waals surface area (Å²) in [6.45, 7) is 1.95. The molecular weight excluding hydrogens is 451 g/mol. The largest absolute Gasteiger partial charge is 0.494 e. The van der Waals surface area contributed by atoms with Crippen molar-refractivity contribution in [2.75, 3.05) is 18.6 Å². The number of ether oxygens (including phenoxy) is 1. The van der Waals surface area contributed by atoms with Crippen molar-refractivity contribution in [1.29, 1.82) is 0 Å². The lowest BCUT2D eigenvalue weighted by Crippen LogP contribution is -2.25. The van der Waals surface area contributed by atoms with Gasteiger partial charge in [-0.05, 0) is 47.9 Å². The Morgan fingerprint density at radius 3 is 2.69 bits per heavy atom. The molecule has 0 bridgehead atoms. The number of methoxy groups -OCH3 is 1. The molecule has 32 heavy (non-hydrogen) atoms. The number of nitrogens with one attached hydrogen (secondary N) is 1. The first kappa shape index (κ1) is 24.0. The van der Waals surface area contributed by atoms with Gasteiger partial charge < -0.3 is 10.1 Å². The molecule has 0 radical (unpaired) electrons. The van der Waals surface area contributed by atoms with Crippen LogP contribution < -0.4 is 10.1 Å². The molecule has 1 atom stereocenters. The van der Waals surface area contributed by atoms with Crippen LogP contribution in [0.1, 0.15) is 36.9 Å². The van der Waals surface area contributed by atoms with Crippen LogP contribution in [0.15, 0.2) is 58.4 Å². The number of aliphatic imine (C=N–C) groups is 1. The van der Waals surface area contributed by atoms with Crippen LogP contribution >= 0.6 is 11.8 Å². The Morgan fingerprint density at radius 1 is 1.28 bits per heavy atom. The van der Waals surface area contributed by atoms with Gasteiger partial charge in [-0.1, -0.05) is 43.3 Å². The Bertz CT molecular complexity index is 1130. The second kappa shape index (κ2) is 10.8.